The van der Waals surface area contributed by atoms with E-state index in [9.17, 15) is 26.4 Å². The predicted molar refractivity (Wildman–Crippen MR) is 149 cm³/mol. The largest absolute Gasteiger partial charge is 0.497 e. The van der Waals surface area contributed by atoms with Gasteiger partial charge in [0.05, 0.1) is 12.0 Å². The van der Waals surface area contributed by atoms with Crippen molar-refractivity contribution in [1.82, 2.24) is 14.6 Å². The van der Waals surface area contributed by atoms with Crippen molar-refractivity contribution >= 4 is 54.9 Å². The first kappa shape index (κ1) is 30.3. The zero-order valence-electron chi connectivity index (χ0n) is 22.1. The number of carboxylic acids is 1. The molecular formula is C27H26F3N5O6S. The number of carbonyl (C=O) groups excluding carboxylic acids is 1. The van der Waals surface area contributed by atoms with Crippen LogP contribution in [0.2, 0.25) is 0 Å². The Kier molecular flexibility index (Phi) is 8.45. The number of hydrogen-bond donors (Lipinski definition) is 4. The Hall–Kier alpha value is -4.63. The Morgan fingerprint density at radius 3 is 2.45 bits per heavy atom. The number of rotatable bonds is 6. The average Bonchev–Trinajstić information content (AvgIpc) is 3.26. The van der Waals surface area contributed by atoms with Gasteiger partial charge in [0.1, 0.15) is 17.6 Å². The normalized spacial score (nSPS) is 15.5. The molecule has 15 heteroatoms. The number of fused-ring (bicyclic) bond motifs is 2. The number of anilines is 2. The number of halogens is 3. The summed E-state index contributed by atoms with van der Waals surface area (Å²) in [5.74, 6) is -2.04. The lowest BCUT2D eigenvalue weighted by Crippen LogP contribution is -2.41. The van der Waals surface area contributed by atoms with Crippen LogP contribution in [0, 0.1) is 0 Å². The van der Waals surface area contributed by atoms with Gasteiger partial charge in [0.15, 0.2) is 0 Å². The number of carbonyl (C=O) groups is 2. The molecular weight excluding hydrogens is 579 g/mol. The number of pyridine rings is 1. The van der Waals surface area contributed by atoms with E-state index in [0.717, 1.165) is 27.1 Å². The summed E-state index contributed by atoms with van der Waals surface area (Å²) in [5, 5.41) is 10.4. The summed E-state index contributed by atoms with van der Waals surface area (Å²) in [6.07, 6.45) is -3.11. The van der Waals surface area contributed by atoms with Crippen LogP contribution in [0.1, 0.15) is 12.0 Å². The number of alkyl halides is 3. The maximum Gasteiger partial charge on any atom is 0.490 e. The average molecular weight is 606 g/mol. The van der Waals surface area contributed by atoms with E-state index in [1.807, 2.05) is 24.3 Å². The maximum atomic E-state index is 13.1. The van der Waals surface area contributed by atoms with Gasteiger partial charge in [-0.25, -0.2) is 18.2 Å². The van der Waals surface area contributed by atoms with Crippen LogP contribution >= 0.6 is 0 Å². The molecule has 0 unspecified atom stereocenters. The predicted octanol–water partition coefficient (Wildman–Crippen LogP) is 3.27. The number of amides is 1. The molecule has 1 aliphatic rings. The number of aliphatic carboxylic acids is 1. The number of methoxy groups -OCH3 is 1. The van der Waals surface area contributed by atoms with Gasteiger partial charge in [0.2, 0.25) is 15.9 Å². The standard InChI is InChI=1S/C25H25N5O4S.C2HF3O2/c1-34-19-4-2-15-3-5-20(11-17(15)10-19)35(32,33)29-23-7-9-30(25(23)31)14-18-12-21-16(13-22(18)26)6-8-28-24(21)27;3-2(4,5)1(6)7/h2-6,8,10-13,23,29H,7,9,14,26H2,1H3,(H2,27,28);(H,6,7)/t23-;/m0./s1. The van der Waals surface area contributed by atoms with Gasteiger partial charge < -0.3 is 26.2 Å². The molecule has 1 fully saturated rings. The van der Waals surface area contributed by atoms with Crippen LogP contribution in [-0.4, -0.2) is 61.2 Å². The zero-order chi connectivity index (χ0) is 30.8. The van der Waals surface area contributed by atoms with Gasteiger partial charge in [0.25, 0.3) is 0 Å². The molecule has 0 bridgehead atoms. The van der Waals surface area contributed by atoms with Crippen LogP contribution in [0.25, 0.3) is 21.5 Å². The van der Waals surface area contributed by atoms with Crippen LogP contribution in [0.4, 0.5) is 24.7 Å². The number of nitrogens with zero attached hydrogens (tertiary/aromatic N) is 2. The molecule has 1 aromatic heterocycles. The zero-order valence-corrected chi connectivity index (χ0v) is 22.9. The SMILES string of the molecule is COc1ccc2ccc(S(=O)(=O)N[C@H]3CCN(Cc4cc5c(N)nccc5cc4N)C3=O)cc2c1.O=C(O)C(F)(F)F. The van der Waals surface area contributed by atoms with Gasteiger partial charge in [-0.05, 0) is 70.6 Å². The van der Waals surface area contributed by atoms with E-state index < -0.39 is 28.2 Å². The van der Waals surface area contributed by atoms with Gasteiger partial charge in [-0.3, -0.25) is 4.79 Å². The lowest BCUT2D eigenvalue weighted by Gasteiger charge is -2.19. The molecule has 2 heterocycles. The minimum atomic E-state index is -5.08. The second-order valence-corrected chi connectivity index (χ2v) is 11.1. The van der Waals surface area contributed by atoms with Crippen molar-refractivity contribution in [2.24, 2.45) is 0 Å². The third-order valence-corrected chi connectivity index (χ3v) is 8.05. The van der Waals surface area contributed by atoms with Crippen molar-refractivity contribution in [3.63, 3.8) is 0 Å². The Morgan fingerprint density at radius 2 is 1.79 bits per heavy atom. The number of aromatic nitrogens is 1. The molecule has 0 radical (unpaired) electrons. The molecule has 11 nitrogen and oxygen atoms in total. The quantitative estimate of drug-likeness (QED) is 0.240. The van der Waals surface area contributed by atoms with Gasteiger partial charge in [0, 0.05) is 30.4 Å². The van der Waals surface area contributed by atoms with Crippen molar-refractivity contribution in [1.29, 1.82) is 0 Å². The second-order valence-electron chi connectivity index (χ2n) is 9.37. The molecule has 3 aromatic carbocycles. The molecule has 1 amide bonds. The maximum absolute atomic E-state index is 13.1. The Bertz CT molecular complexity index is 1780. The van der Waals surface area contributed by atoms with Crippen molar-refractivity contribution < 1.29 is 41.0 Å². The summed E-state index contributed by atoms with van der Waals surface area (Å²) in [4.78, 5) is 27.8. The highest BCUT2D eigenvalue weighted by Crippen LogP contribution is 2.28. The number of hydrogen-bond acceptors (Lipinski definition) is 8. The van der Waals surface area contributed by atoms with Crippen LogP contribution in [0.15, 0.2) is 65.7 Å². The van der Waals surface area contributed by atoms with Crippen LogP contribution in [-0.2, 0) is 26.2 Å². The molecule has 222 valence electrons. The molecule has 42 heavy (non-hydrogen) atoms. The van der Waals surface area contributed by atoms with Crippen LogP contribution in [0.3, 0.4) is 0 Å². The number of nitrogens with one attached hydrogen (secondary N) is 1. The molecule has 1 aliphatic heterocycles. The van der Waals surface area contributed by atoms with Crippen molar-refractivity contribution in [2.45, 2.75) is 30.1 Å². The summed E-state index contributed by atoms with van der Waals surface area (Å²) in [6, 6.07) is 14.9. The number of ether oxygens (including phenoxy) is 1. The van der Waals surface area contributed by atoms with E-state index in [2.05, 4.69) is 9.71 Å². The first-order chi connectivity index (χ1) is 19.7. The fourth-order valence-electron chi connectivity index (χ4n) is 4.41. The summed E-state index contributed by atoms with van der Waals surface area (Å²) in [5.41, 5.74) is 13.5. The fourth-order valence-corrected chi connectivity index (χ4v) is 5.66. The molecule has 4 aromatic rings. The summed E-state index contributed by atoms with van der Waals surface area (Å²) >= 11 is 0. The van der Waals surface area contributed by atoms with E-state index >= 15 is 0 Å². The van der Waals surface area contributed by atoms with Gasteiger partial charge in [-0.2, -0.15) is 17.9 Å². The summed E-state index contributed by atoms with van der Waals surface area (Å²) in [7, 11) is -2.36. The molecule has 6 N–H and O–H groups in total. The van der Waals surface area contributed by atoms with Gasteiger partial charge in [-0.1, -0.05) is 12.1 Å². The number of likely N-dealkylation sites (tertiary alicyclic amines) is 1. The topological polar surface area (TPSA) is 178 Å². The summed E-state index contributed by atoms with van der Waals surface area (Å²) in [6.45, 7) is 0.657. The first-order valence-corrected chi connectivity index (χ1v) is 13.8. The molecule has 0 spiro atoms. The first-order valence-electron chi connectivity index (χ1n) is 12.3. The third kappa shape index (κ3) is 6.63. The van der Waals surface area contributed by atoms with E-state index in [4.69, 9.17) is 26.1 Å². The van der Waals surface area contributed by atoms with Crippen LogP contribution < -0.4 is 20.9 Å². The van der Waals surface area contributed by atoms with Crippen LogP contribution in [0.5, 0.6) is 5.75 Å². The molecule has 1 atom stereocenters. The van der Waals surface area contributed by atoms with E-state index in [1.165, 1.54) is 6.07 Å². The monoisotopic (exact) mass is 605 g/mol. The lowest BCUT2D eigenvalue weighted by molar-refractivity contribution is -0.192. The number of sulfonamides is 1. The Labute approximate surface area is 237 Å². The number of nitrogen functional groups attached to an aromatic ring is 2. The van der Waals surface area contributed by atoms with Crippen molar-refractivity contribution in [2.75, 3.05) is 25.1 Å². The molecule has 5 rings (SSSR count). The van der Waals surface area contributed by atoms with Crippen molar-refractivity contribution in [3.8, 4) is 5.75 Å². The fraction of sp³-hybridized carbons (Fsp3) is 0.222. The van der Waals surface area contributed by atoms with Gasteiger partial charge >= 0.3 is 12.1 Å². The highest BCUT2D eigenvalue weighted by Gasteiger charge is 2.38. The smallest absolute Gasteiger partial charge is 0.490 e. The minimum Gasteiger partial charge on any atom is -0.497 e. The Balaban J connectivity index is 0.000000517. The van der Waals surface area contributed by atoms with E-state index in [-0.39, 0.29) is 17.3 Å². The van der Waals surface area contributed by atoms with E-state index in [0.29, 0.717) is 30.2 Å². The highest BCUT2D eigenvalue weighted by atomic mass is 32.2. The molecule has 1 saturated heterocycles. The molecule has 0 aliphatic carbocycles. The molecule has 0 saturated carbocycles. The highest BCUT2D eigenvalue weighted by molar-refractivity contribution is 7.89. The number of benzene rings is 3. The van der Waals surface area contributed by atoms with Crippen molar-refractivity contribution in [3.05, 3.63) is 66.4 Å². The minimum absolute atomic E-state index is 0.0891. The lowest BCUT2D eigenvalue weighted by atomic mass is 10.1. The van der Waals surface area contributed by atoms with Gasteiger partial charge in [-0.15, -0.1) is 0 Å². The summed E-state index contributed by atoms with van der Waals surface area (Å²) < 4.78 is 65.7. The number of nitrogens with two attached hydrogens (primary N) is 2. The third-order valence-electron chi connectivity index (χ3n) is 6.58. The van der Waals surface area contributed by atoms with E-state index in [1.54, 1.807) is 42.5 Å². The Morgan fingerprint density at radius 1 is 1.10 bits per heavy atom. The number of carboxylic acid groups (broad SMARTS) is 1. The second kappa shape index (κ2) is 11.7.